The molecule has 3 rings (SSSR count). The Bertz CT molecular complexity index is 645. The Balaban J connectivity index is 1.80. The molecule has 0 radical (unpaired) electrons. The number of hydrogen-bond acceptors (Lipinski definition) is 6. The average molecular weight is 300 g/mol. The number of nitrogens with one attached hydrogen (secondary N) is 1. The van der Waals surface area contributed by atoms with Gasteiger partial charge in [0, 0.05) is 5.75 Å². The molecule has 1 aliphatic carbocycles. The van der Waals surface area contributed by atoms with Crippen LogP contribution in [0.25, 0.3) is 0 Å². The molecule has 1 fully saturated rings. The molecule has 6 nitrogen and oxygen atoms in total. The second kappa shape index (κ2) is 5.84. The Morgan fingerprint density at radius 1 is 1.43 bits per heavy atom. The Labute approximate surface area is 127 Å². The molecule has 1 unspecified atom stereocenters. The van der Waals surface area contributed by atoms with Crippen LogP contribution in [-0.2, 0) is 5.54 Å². The quantitative estimate of drug-likeness (QED) is 0.819. The van der Waals surface area contributed by atoms with Crippen LogP contribution in [0.1, 0.15) is 24.4 Å². The monoisotopic (exact) mass is 300 g/mol. The van der Waals surface area contributed by atoms with E-state index in [0.29, 0.717) is 11.8 Å². The van der Waals surface area contributed by atoms with Crippen LogP contribution < -0.4 is 5.32 Å². The highest BCUT2D eigenvalue weighted by Crippen LogP contribution is 2.37. The van der Waals surface area contributed by atoms with Gasteiger partial charge < -0.3 is 0 Å². The molecule has 1 heterocycles. The van der Waals surface area contributed by atoms with E-state index < -0.39 is 5.54 Å². The summed E-state index contributed by atoms with van der Waals surface area (Å²) in [5.41, 5.74) is 0.208. The maximum absolute atomic E-state index is 9.67. The van der Waals surface area contributed by atoms with Gasteiger partial charge in [0.2, 0.25) is 5.16 Å². The molecule has 1 aromatic heterocycles. The molecular weight excluding hydrogens is 284 g/mol. The lowest BCUT2D eigenvalue weighted by molar-refractivity contribution is 0.524. The van der Waals surface area contributed by atoms with E-state index in [-0.39, 0.29) is 0 Å². The van der Waals surface area contributed by atoms with E-state index in [1.54, 1.807) is 7.05 Å². The first-order chi connectivity index (χ1) is 10.3. The maximum atomic E-state index is 9.67. The van der Waals surface area contributed by atoms with Crippen molar-refractivity contribution in [2.75, 3.05) is 12.8 Å². The maximum Gasteiger partial charge on any atom is 0.209 e. The molecule has 1 saturated carbocycles. The third kappa shape index (κ3) is 2.77. The summed E-state index contributed by atoms with van der Waals surface area (Å²) in [5.74, 6) is 0.553. The smallest absolute Gasteiger partial charge is 0.209 e. The summed E-state index contributed by atoms with van der Waals surface area (Å²) in [5, 5.41) is 25.4. The van der Waals surface area contributed by atoms with Crippen LogP contribution in [0.5, 0.6) is 0 Å². The first kappa shape index (κ1) is 14.0. The number of nitriles is 1. The van der Waals surface area contributed by atoms with E-state index in [1.165, 1.54) is 11.8 Å². The Kier molecular flexibility index (Phi) is 3.90. The molecule has 0 aliphatic heterocycles. The van der Waals surface area contributed by atoms with Crippen LogP contribution >= 0.6 is 11.8 Å². The van der Waals surface area contributed by atoms with Crippen LogP contribution in [0.2, 0.25) is 0 Å². The highest BCUT2D eigenvalue weighted by atomic mass is 32.2. The first-order valence-corrected chi connectivity index (χ1v) is 7.84. The molecule has 0 bridgehead atoms. The molecule has 21 heavy (non-hydrogen) atoms. The van der Waals surface area contributed by atoms with Gasteiger partial charge in [0.15, 0.2) is 0 Å². The van der Waals surface area contributed by atoms with Crippen molar-refractivity contribution in [1.29, 1.82) is 5.26 Å². The molecule has 0 saturated heterocycles. The summed E-state index contributed by atoms with van der Waals surface area (Å²) >= 11 is 1.51. The second-order valence-corrected chi connectivity index (χ2v) is 6.00. The largest absolute Gasteiger partial charge is 0.298 e. The van der Waals surface area contributed by atoms with Crippen molar-refractivity contribution in [2.45, 2.75) is 29.6 Å². The Morgan fingerprint density at radius 3 is 2.81 bits per heavy atom. The summed E-state index contributed by atoms with van der Waals surface area (Å²) < 4.78 is 1.87. The molecule has 0 amide bonds. The molecular formula is C14H16N6S. The van der Waals surface area contributed by atoms with Crippen molar-refractivity contribution in [2.24, 2.45) is 0 Å². The van der Waals surface area contributed by atoms with Crippen molar-refractivity contribution in [3.63, 3.8) is 0 Å². The lowest BCUT2D eigenvalue weighted by Gasteiger charge is -2.25. The van der Waals surface area contributed by atoms with Gasteiger partial charge in [-0.3, -0.25) is 5.32 Å². The van der Waals surface area contributed by atoms with E-state index >= 15 is 0 Å². The summed E-state index contributed by atoms with van der Waals surface area (Å²) in [7, 11) is 1.81. The second-order valence-electron chi connectivity index (χ2n) is 5.06. The van der Waals surface area contributed by atoms with Crippen LogP contribution in [0, 0.1) is 11.3 Å². The number of benzene rings is 1. The van der Waals surface area contributed by atoms with Crippen LogP contribution in [0.15, 0.2) is 35.5 Å². The molecule has 1 aromatic carbocycles. The van der Waals surface area contributed by atoms with Crippen LogP contribution in [0.4, 0.5) is 0 Å². The van der Waals surface area contributed by atoms with Gasteiger partial charge in [-0.2, -0.15) is 5.26 Å². The summed E-state index contributed by atoms with van der Waals surface area (Å²) in [4.78, 5) is 0. The molecule has 7 heteroatoms. The summed E-state index contributed by atoms with van der Waals surface area (Å²) in [6.07, 6.45) is 2.26. The Morgan fingerprint density at radius 2 is 2.19 bits per heavy atom. The third-order valence-electron chi connectivity index (χ3n) is 3.66. The van der Waals surface area contributed by atoms with Gasteiger partial charge >= 0.3 is 0 Å². The average Bonchev–Trinajstić information content (AvgIpc) is 3.28. The van der Waals surface area contributed by atoms with Gasteiger partial charge in [-0.15, -0.1) is 5.10 Å². The van der Waals surface area contributed by atoms with Gasteiger partial charge in [0.25, 0.3) is 0 Å². The fourth-order valence-electron chi connectivity index (χ4n) is 2.18. The van der Waals surface area contributed by atoms with Crippen molar-refractivity contribution in [1.82, 2.24) is 25.5 Å². The number of hydrogen-bond donors (Lipinski definition) is 1. The number of nitrogens with zero attached hydrogens (tertiary/aromatic N) is 5. The number of aromatic nitrogens is 4. The zero-order valence-electron chi connectivity index (χ0n) is 11.7. The lowest BCUT2D eigenvalue weighted by Crippen LogP contribution is -2.41. The van der Waals surface area contributed by atoms with Gasteiger partial charge in [0.1, 0.15) is 5.54 Å². The van der Waals surface area contributed by atoms with Crippen molar-refractivity contribution in [3.05, 3.63) is 35.9 Å². The minimum atomic E-state index is -0.744. The fourth-order valence-corrected chi connectivity index (χ4v) is 3.31. The highest BCUT2D eigenvalue weighted by Gasteiger charge is 2.33. The molecule has 2 aromatic rings. The van der Waals surface area contributed by atoms with Crippen molar-refractivity contribution >= 4 is 11.8 Å². The molecule has 0 spiro atoms. The molecule has 1 N–H and O–H groups in total. The van der Waals surface area contributed by atoms with E-state index in [9.17, 15) is 5.26 Å². The first-order valence-electron chi connectivity index (χ1n) is 6.85. The van der Waals surface area contributed by atoms with Gasteiger partial charge in [0.05, 0.1) is 12.1 Å². The molecule has 1 atom stereocenters. The fraction of sp³-hybridized carbons (Fsp3) is 0.429. The normalized spacial score (nSPS) is 17.1. The van der Waals surface area contributed by atoms with Crippen molar-refractivity contribution in [3.8, 4) is 6.07 Å². The number of rotatable bonds is 6. The highest BCUT2D eigenvalue weighted by molar-refractivity contribution is 7.99. The van der Waals surface area contributed by atoms with Gasteiger partial charge in [-0.1, -0.05) is 42.1 Å². The minimum Gasteiger partial charge on any atom is -0.298 e. The molecule has 1 aliphatic rings. The van der Waals surface area contributed by atoms with Crippen LogP contribution in [0.3, 0.4) is 0 Å². The summed E-state index contributed by atoms with van der Waals surface area (Å²) in [6.45, 7) is 0. The predicted octanol–water partition coefficient (Wildman–Crippen LogP) is 1.74. The standard InChI is InChI=1S/C14H16N6S/c1-16-14(9-15,11-5-3-2-4-6-11)10-21-13-17-18-19-20(13)12-7-8-12/h2-6,12,16H,7-8,10H2,1H3. The topological polar surface area (TPSA) is 79.4 Å². The Hall–Kier alpha value is -1.91. The van der Waals surface area contributed by atoms with E-state index in [2.05, 4.69) is 26.9 Å². The SMILES string of the molecule is CNC(C#N)(CSc1nnnn1C1CC1)c1ccccc1. The minimum absolute atomic E-state index is 0.435. The van der Waals surface area contributed by atoms with E-state index in [4.69, 9.17) is 0 Å². The van der Waals surface area contributed by atoms with E-state index in [1.807, 2.05) is 35.0 Å². The number of tetrazole rings is 1. The van der Waals surface area contributed by atoms with Gasteiger partial charge in [-0.25, -0.2) is 4.68 Å². The van der Waals surface area contributed by atoms with Crippen molar-refractivity contribution < 1.29 is 0 Å². The predicted molar refractivity (Wildman–Crippen MR) is 79.6 cm³/mol. The zero-order chi connectivity index (χ0) is 14.7. The lowest BCUT2D eigenvalue weighted by atomic mass is 9.94. The molecule has 108 valence electrons. The zero-order valence-corrected chi connectivity index (χ0v) is 12.5. The third-order valence-corrected chi connectivity index (χ3v) is 4.76. The number of thioether (sulfide) groups is 1. The summed E-state index contributed by atoms with van der Waals surface area (Å²) in [6, 6.07) is 12.6. The van der Waals surface area contributed by atoms with Gasteiger partial charge in [-0.05, 0) is 35.9 Å². The van der Waals surface area contributed by atoms with E-state index in [0.717, 1.165) is 23.6 Å². The van der Waals surface area contributed by atoms with Crippen LogP contribution in [-0.4, -0.2) is 33.0 Å².